The highest BCUT2D eigenvalue weighted by molar-refractivity contribution is 5.91. The van der Waals surface area contributed by atoms with Crippen molar-refractivity contribution in [3.8, 4) is 0 Å². The van der Waals surface area contributed by atoms with Gasteiger partial charge in [-0.3, -0.25) is 4.79 Å². The monoisotopic (exact) mass is 360 g/mol. The summed E-state index contributed by atoms with van der Waals surface area (Å²) in [6.45, 7) is 1.60. The van der Waals surface area contributed by atoms with Crippen molar-refractivity contribution in [1.29, 1.82) is 0 Å². The fourth-order valence-electron chi connectivity index (χ4n) is 4.83. The predicted molar refractivity (Wildman–Crippen MR) is 95.7 cm³/mol. The summed E-state index contributed by atoms with van der Waals surface area (Å²) in [5.41, 5.74) is 0.556. The number of aromatic nitrogens is 3. The fourth-order valence-corrected chi connectivity index (χ4v) is 4.83. The summed E-state index contributed by atoms with van der Waals surface area (Å²) in [4.78, 5) is 26.2. The largest absolute Gasteiger partial charge is 0.354 e. The van der Waals surface area contributed by atoms with Gasteiger partial charge >= 0.3 is 6.03 Å². The van der Waals surface area contributed by atoms with E-state index in [1.807, 2.05) is 9.58 Å². The molecule has 2 saturated carbocycles. The zero-order valence-electron chi connectivity index (χ0n) is 15.4. The maximum Gasteiger partial charge on any atom is 0.317 e. The molecular formula is C18H28N6O2. The third-order valence-corrected chi connectivity index (χ3v) is 6.64. The number of carbonyl (C=O) groups excluding carboxylic acids is 2. The second-order valence-corrected chi connectivity index (χ2v) is 8.00. The molecule has 4 rings (SSSR count). The summed E-state index contributed by atoms with van der Waals surface area (Å²) >= 11 is 0. The number of amides is 3. The molecule has 1 saturated heterocycles. The topological polar surface area (TPSA) is 92.2 Å². The maximum atomic E-state index is 12.5. The number of nitrogens with one attached hydrogen (secondary N) is 2. The van der Waals surface area contributed by atoms with Crippen LogP contribution in [0.15, 0.2) is 6.20 Å². The minimum Gasteiger partial charge on any atom is -0.354 e. The second-order valence-electron chi connectivity index (χ2n) is 8.00. The SMILES string of the molecule is CNC(=O)c1cn(C2CCC23CCN(C(=O)NC2CCCC2)CC3)nn1. The van der Waals surface area contributed by atoms with Gasteiger partial charge in [-0.05, 0) is 43.9 Å². The van der Waals surface area contributed by atoms with Crippen LogP contribution in [-0.2, 0) is 0 Å². The van der Waals surface area contributed by atoms with Crippen LogP contribution >= 0.6 is 0 Å². The van der Waals surface area contributed by atoms with Gasteiger partial charge in [0.1, 0.15) is 0 Å². The average molecular weight is 360 g/mol. The smallest absolute Gasteiger partial charge is 0.317 e. The number of carbonyl (C=O) groups is 2. The molecule has 0 bridgehead atoms. The molecule has 26 heavy (non-hydrogen) atoms. The lowest BCUT2D eigenvalue weighted by atomic mass is 9.59. The first-order valence-electron chi connectivity index (χ1n) is 9.81. The molecule has 1 aromatic heterocycles. The molecule has 2 heterocycles. The van der Waals surface area contributed by atoms with E-state index in [0.717, 1.165) is 51.6 Å². The van der Waals surface area contributed by atoms with Gasteiger partial charge in [0.25, 0.3) is 5.91 Å². The predicted octanol–water partition coefficient (Wildman–Crippen LogP) is 1.71. The summed E-state index contributed by atoms with van der Waals surface area (Å²) in [5, 5.41) is 14.0. The first-order valence-corrected chi connectivity index (χ1v) is 9.81. The Morgan fingerprint density at radius 2 is 1.88 bits per heavy atom. The molecule has 3 fully saturated rings. The lowest BCUT2D eigenvalue weighted by Gasteiger charge is -2.53. The first kappa shape index (κ1) is 17.3. The van der Waals surface area contributed by atoms with Crippen molar-refractivity contribution in [3.05, 3.63) is 11.9 Å². The van der Waals surface area contributed by atoms with Crippen molar-refractivity contribution < 1.29 is 9.59 Å². The molecule has 2 aliphatic carbocycles. The number of piperidine rings is 1. The molecule has 3 aliphatic rings. The highest BCUT2D eigenvalue weighted by atomic mass is 16.2. The van der Waals surface area contributed by atoms with Crippen LogP contribution in [0.5, 0.6) is 0 Å². The van der Waals surface area contributed by atoms with Crippen molar-refractivity contribution >= 4 is 11.9 Å². The van der Waals surface area contributed by atoms with Crippen LogP contribution < -0.4 is 10.6 Å². The van der Waals surface area contributed by atoms with Crippen LogP contribution in [0.2, 0.25) is 0 Å². The molecular weight excluding hydrogens is 332 g/mol. The highest BCUT2D eigenvalue weighted by Crippen LogP contribution is 2.56. The van der Waals surface area contributed by atoms with Crippen molar-refractivity contribution in [2.24, 2.45) is 5.41 Å². The Morgan fingerprint density at radius 1 is 1.15 bits per heavy atom. The Labute approximate surface area is 153 Å². The molecule has 142 valence electrons. The van der Waals surface area contributed by atoms with Crippen molar-refractivity contribution in [1.82, 2.24) is 30.5 Å². The van der Waals surface area contributed by atoms with Gasteiger partial charge in [-0.2, -0.15) is 0 Å². The van der Waals surface area contributed by atoms with Gasteiger partial charge in [-0.1, -0.05) is 18.1 Å². The summed E-state index contributed by atoms with van der Waals surface area (Å²) in [6.07, 6.45) is 10.6. The standard InChI is InChI=1S/C18H28N6O2/c1-19-16(25)14-12-24(22-21-14)15-6-7-18(15)8-10-23(11-9-18)17(26)20-13-4-2-3-5-13/h12-13,15H,2-11H2,1H3,(H,19,25)(H,20,26). The van der Waals surface area contributed by atoms with Gasteiger partial charge in [0, 0.05) is 26.2 Å². The van der Waals surface area contributed by atoms with E-state index < -0.39 is 0 Å². The fraction of sp³-hybridized carbons (Fsp3) is 0.778. The van der Waals surface area contributed by atoms with E-state index in [9.17, 15) is 9.59 Å². The average Bonchev–Trinajstić information content (AvgIpc) is 3.32. The molecule has 8 heteroatoms. The van der Waals surface area contributed by atoms with Gasteiger partial charge in [0.2, 0.25) is 0 Å². The number of hydrogen-bond acceptors (Lipinski definition) is 4. The molecule has 0 radical (unpaired) electrons. The minimum absolute atomic E-state index is 0.102. The quantitative estimate of drug-likeness (QED) is 0.858. The van der Waals surface area contributed by atoms with Crippen LogP contribution in [0.1, 0.15) is 67.9 Å². The molecule has 1 spiro atoms. The molecule has 1 unspecified atom stereocenters. The zero-order chi connectivity index (χ0) is 18.1. The highest BCUT2D eigenvalue weighted by Gasteiger charge is 2.50. The van der Waals surface area contributed by atoms with E-state index >= 15 is 0 Å². The summed E-state index contributed by atoms with van der Waals surface area (Å²) in [5.74, 6) is -0.206. The number of nitrogens with zero attached hydrogens (tertiary/aromatic N) is 4. The normalized spacial score (nSPS) is 25.1. The van der Waals surface area contributed by atoms with Crippen LogP contribution in [-0.4, -0.2) is 58.0 Å². The second kappa shape index (κ2) is 6.89. The van der Waals surface area contributed by atoms with Crippen molar-refractivity contribution in [3.63, 3.8) is 0 Å². The van der Waals surface area contributed by atoms with Gasteiger partial charge < -0.3 is 15.5 Å². The Kier molecular flexibility index (Phi) is 4.58. The van der Waals surface area contributed by atoms with Gasteiger partial charge in [0.05, 0.1) is 12.2 Å². The van der Waals surface area contributed by atoms with E-state index in [2.05, 4.69) is 20.9 Å². The number of likely N-dealkylation sites (tertiary alicyclic amines) is 1. The van der Waals surface area contributed by atoms with Crippen LogP contribution in [0.25, 0.3) is 0 Å². The van der Waals surface area contributed by atoms with Gasteiger partial charge in [-0.25, -0.2) is 9.48 Å². The van der Waals surface area contributed by atoms with Gasteiger partial charge in [0.15, 0.2) is 5.69 Å². The molecule has 2 N–H and O–H groups in total. The Hall–Kier alpha value is -2.12. The number of rotatable bonds is 3. The molecule has 1 aliphatic heterocycles. The van der Waals surface area contributed by atoms with E-state index in [1.54, 1.807) is 13.2 Å². The molecule has 1 atom stereocenters. The lowest BCUT2D eigenvalue weighted by molar-refractivity contribution is -0.0230. The molecule has 8 nitrogen and oxygen atoms in total. The molecule has 1 aromatic rings. The third-order valence-electron chi connectivity index (χ3n) is 6.64. The van der Waals surface area contributed by atoms with Crippen molar-refractivity contribution in [2.75, 3.05) is 20.1 Å². The van der Waals surface area contributed by atoms with Crippen molar-refractivity contribution in [2.45, 2.75) is 63.5 Å². The molecule has 3 amide bonds. The minimum atomic E-state index is -0.206. The summed E-state index contributed by atoms with van der Waals surface area (Å²) < 4.78 is 1.86. The maximum absolute atomic E-state index is 12.5. The summed E-state index contributed by atoms with van der Waals surface area (Å²) in [7, 11) is 1.60. The van der Waals surface area contributed by atoms with Gasteiger partial charge in [-0.15, -0.1) is 5.10 Å². The number of hydrogen-bond donors (Lipinski definition) is 2. The van der Waals surface area contributed by atoms with E-state index in [1.165, 1.54) is 12.8 Å². The molecule has 0 aromatic carbocycles. The van der Waals surface area contributed by atoms with E-state index in [-0.39, 0.29) is 23.4 Å². The van der Waals surface area contributed by atoms with Crippen LogP contribution in [0.3, 0.4) is 0 Å². The Balaban J connectivity index is 1.35. The Bertz CT molecular complexity index is 673. The first-order chi connectivity index (χ1) is 12.6. The van der Waals surface area contributed by atoms with E-state index in [4.69, 9.17) is 0 Å². The third kappa shape index (κ3) is 3.05. The zero-order valence-corrected chi connectivity index (χ0v) is 15.4. The Morgan fingerprint density at radius 3 is 2.50 bits per heavy atom. The summed E-state index contributed by atoms with van der Waals surface area (Å²) in [6, 6.07) is 0.756. The van der Waals surface area contributed by atoms with Crippen LogP contribution in [0.4, 0.5) is 4.79 Å². The van der Waals surface area contributed by atoms with Crippen LogP contribution in [0, 0.1) is 5.41 Å². The number of urea groups is 1. The lowest BCUT2D eigenvalue weighted by Crippen LogP contribution is -2.54. The van der Waals surface area contributed by atoms with E-state index in [0.29, 0.717) is 11.7 Å².